The molecule has 0 aromatic carbocycles. The fourth-order valence-electron chi connectivity index (χ4n) is 4.62. The Morgan fingerprint density at radius 3 is 0.878 bits per heavy atom. The molecule has 0 fully saturated rings. The zero-order chi connectivity index (χ0) is 29.6. The van der Waals surface area contributed by atoms with Crippen LogP contribution in [0.15, 0.2) is 48.6 Å². The molecular formula is C38H70O3. The Bertz CT molecular complexity index is 528. The molecule has 3 heteroatoms. The van der Waals surface area contributed by atoms with Gasteiger partial charge in [0, 0.05) is 0 Å². The van der Waals surface area contributed by atoms with E-state index in [1.807, 2.05) is 0 Å². The summed E-state index contributed by atoms with van der Waals surface area (Å²) in [6, 6.07) is 0. The van der Waals surface area contributed by atoms with Crippen molar-refractivity contribution in [3.05, 3.63) is 48.6 Å². The molecule has 0 heterocycles. The van der Waals surface area contributed by atoms with Crippen molar-refractivity contribution in [3.63, 3.8) is 0 Å². The highest BCUT2D eigenvalue weighted by Gasteiger charge is 1.93. The van der Waals surface area contributed by atoms with Gasteiger partial charge < -0.3 is 14.2 Å². The van der Waals surface area contributed by atoms with E-state index in [0.29, 0.717) is 26.8 Å². The fraction of sp³-hybridized carbons (Fsp3) is 0.789. The second-order valence-electron chi connectivity index (χ2n) is 11.4. The molecular weight excluding hydrogens is 504 g/mol. The second kappa shape index (κ2) is 38.8. The van der Waals surface area contributed by atoms with Crippen LogP contribution in [0.5, 0.6) is 0 Å². The number of hydrogen-bond acceptors (Lipinski definition) is 3. The molecule has 0 aromatic heterocycles. The van der Waals surface area contributed by atoms with Crippen molar-refractivity contribution in [1.29, 1.82) is 0 Å². The highest BCUT2D eigenvalue weighted by molar-refractivity contribution is 4.83. The summed E-state index contributed by atoms with van der Waals surface area (Å²) in [7, 11) is 0. The molecule has 0 unspecified atom stereocenters. The Morgan fingerprint density at radius 1 is 0.293 bits per heavy atom. The summed E-state index contributed by atoms with van der Waals surface area (Å²) in [5, 5.41) is 0. The largest absolute Gasteiger partial charge is 0.355 e. The normalized spacial score (nSPS) is 12.3. The molecule has 0 aliphatic rings. The first-order valence-corrected chi connectivity index (χ1v) is 17.7. The smallest absolute Gasteiger partial charge is 0.149 e. The Morgan fingerprint density at radius 2 is 0.561 bits per heavy atom. The van der Waals surface area contributed by atoms with Gasteiger partial charge in [0.1, 0.15) is 13.6 Å². The van der Waals surface area contributed by atoms with Crippen LogP contribution in [0.2, 0.25) is 0 Å². The third-order valence-electron chi connectivity index (χ3n) is 7.29. The summed E-state index contributed by atoms with van der Waals surface area (Å²) < 4.78 is 16.4. The third kappa shape index (κ3) is 38.8. The lowest BCUT2D eigenvalue weighted by Crippen LogP contribution is -2.05. The van der Waals surface area contributed by atoms with Gasteiger partial charge in [-0.3, -0.25) is 0 Å². The number of rotatable bonds is 34. The maximum Gasteiger partial charge on any atom is 0.149 e. The summed E-state index contributed by atoms with van der Waals surface area (Å²) in [6.07, 6.45) is 49.5. The molecule has 0 aliphatic carbocycles. The average molecular weight is 575 g/mol. The predicted octanol–water partition coefficient (Wildman–Crippen LogP) is 12.6. The maximum atomic E-state index is 5.51. The van der Waals surface area contributed by atoms with Gasteiger partial charge in [0.2, 0.25) is 0 Å². The van der Waals surface area contributed by atoms with Crippen molar-refractivity contribution in [2.75, 3.05) is 26.8 Å². The molecule has 0 aliphatic heterocycles. The van der Waals surface area contributed by atoms with Crippen LogP contribution in [0.25, 0.3) is 0 Å². The summed E-state index contributed by atoms with van der Waals surface area (Å²) in [6.45, 7) is 6.56. The average Bonchev–Trinajstić information content (AvgIpc) is 2.98. The molecule has 0 atom stereocenters. The number of ether oxygens (including phenoxy) is 3. The van der Waals surface area contributed by atoms with Crippen molar-refractivity contribution >= 4 is 0 Å². The lowest BCUT2D eigenvalue weighted by atomic mass is 10.1. The van der Waals surface area contributed by atoms with Gasteiger partial charge in [0.15, 0.2) is 0 Å². The van der Waals surface area contributed by atoms with Crippen LogP contribution in [0.4, 0.5) is 0 Å². The van der Waals surface area contributed by atoms with Crippen LogP contribution in [0, 0.1) is 0 Å². The van der Waals surface area contributed by atoms with Crippen molar-refractivity contribution in [1.82, 2.24) is 0 Å². The Kier molecular flexibility index (Phi) is 37.7. The highest BCUT2D eigenvalue weighted by Crippen LogP contribution is 2.11. The van der Waals surface area contributed by atoms with E-state index >= 15 is 0 Å². The predicted molar refractivity (Wildman–Crippen MR) is 181 cm³/mol. The van der Waals surface area contributed by atoms with Crippen molar-refractivity contribution in [2.45, 2.75) is 168 Å². The Labute approximate surface area is 257 Å². The van der Waals surface area contributed by atoms with Crippen LogP contribution >= 0.6 is 0 Å². The molecule has 0 aromatic rings. The second-order valence-corrected chi connectivity index (χ2v) is 11.4. The quantitative estimate of drug-likeness (QED) is 0.0434. The molecule has 240 valence electrons. The molecule has 0 radical (unpaired) electrons. The fourth-order valence-corrected chi connectivity index (χ4v) is 4.62. The van der Waals surface area contributed by atoms with Gasteiger partial charge in [0.25, 0.3) is 0 Å². The van der Waals surface area contributed by atoms with Gasteiger partial charge in [-0.1, -0.05) is 140 Å². The van der Waals surface area contributed by atoms with E-state index in [9.17, 15) is 0 Å². The van der Waals surface area contributed by atoms with Gasteiger partial charge in [-0.05, 0) is 77.0 Å². The number of unbranched alkanes of at least 4 members (excludes halogenated alkanes) is 18. The summed E-state index contributed by atoms with van der Waals surface area (Å²) in [4.78, 5) is 0. The Hall–Kier alpha value is -1.16. The van der Waals surface area contributed by atoms with E-state index in [2.05, 4.69) is 62.5 Å². The summed E-state index contributed by atoms with van der Waals surface area (Å²) in [5.41, 5.74) is 0. The van der Waals surface area contributed by atoms with Gasteiger partial charge in [0.05, 0.1) is 13.2 Å². The van der Waals surface area contributed by atoms with Gasteiger partial charge in [-0.25, -0.2) is 0 Å². The van der Waals surface area contributed by atoms with Gasteiger partial charge >= 0.3 is 0 Å². The Balaban J connectivity index is 3.17. The van der Waals surface area contributed by atoms with Crippen LogP contribution in [0.3, 0.4) is 0 Å². The standard InChI is InChI=1S/C38H70O3/c1-3-5-7-9-11-13-15-17-19-21-23-25-27-29-31-33-35-39-37-41-38-40-36-34-32-30-28-26-24-22-20-18-16-14-12-10-8-6-4-2/h9-12,29-32H,3-8,13-28,33-38H2,1-2H3. The van der Waals surface area contributed by atoms with Crippen LogP contribution in [-0.2, 0) is 14.2 Å². The molecule has 41 heavy (non-hydrogen) atoms. The van der Waals surface area contributed by atoms with Crippen molar-refractivity contribution in [2.24, 2.45) is 0 Å². The zero-order valence-corrected chi connectivity index (χ0v) is 27.6. The van der Waals surface area contributed by atoms with Gasteiger partial charge in [-0.2, -0.15) is 0 Å². The minimum absolute atomic E-state index is 0.313. The van der Waals surface area contributed by atoms with E-state index in [-0.39, 0.29) is 0 Å². The van der Waals surface area contributed by atoms with E-state index in [1.165, 1.54) is 141 Å². The molecule has 0 amide bonds. The van der Waals surface area contributed by atoms with Crippen LogP contribution in [0.1, 0.15) is 168 Å². The monoisotopic (exact) mass is 575 g/mol. The minimum atomic E-state index is 0.313. The summed E-state index contributed by atoms with van der Waals surface area (Å²) in [5.74, 6) is 0. The van der Waals surface area contributed by atoms with Crippen molar-refractivity contribution < 1.29 is 14.2 Å². The van der Waals surface area contributed by atoms with Gasteiger partial charge in [-0.15, -0.1) is 0 Å². The molecule has 0 saturated heterocycles. The zero-order valence-electron chi connectivity index (χ0n) is 27.6. The SMILES string of the molecule is CCCCC=CCCCCCCCCC=CCCOCOCOCCC=CCCCCCCCCC=CCCCC. The first kappa shape index (κ1) is 39.8. The van der Waals surface area contributed by atoms with E-state index < -0.39 is 0 Å². The van der Waals surface area contributed by atoms with E-state index in [1.54, 1.807) is 0 Å². The first-order valence-electron chi connectivity index (χ1n) is 17.7. The molecule has 3 nitrogen and oxygen atoms in total. The minimum Gasteiger partial charge on any atom is -0.355 e. The van der Waals surface area contributed by atoms with Crippen LogP contribution in [-0.4, -0.2) is 26.8 Å². The van der Waals surface area contributed by atoms with Crippen molar-refractivity contribution in [3.8, 4) is 0 Å². The third-order valence-corrected chi connectivity index (χ3v) is 7.29. The van der Waals surface area contributed by atoms with Crippen LogP contribution < -0.4 is 0 Å². The lowest BCUT2D eigenvalue weighted by molar-refractivity contribution is -0.129. The molecule has 0 rings (SSSR count). The lowest BCUT2D eigenvalue weighted by Gasteiger charge is -2.05. The van der Waals surface area contributed by atoms with E-state index in [0.717, 1.165) is 12.8 Å². The topological polar surface area (TPSA) is 27.7 Å². The summed E-state index contributed by atoms with van der Waals surface area (Å²) >= 11 is 0. The maximum absolute atomic E-state index is 5.51. The molecule has 0 saturated carbocycles. The highest BCUT2D eigenvalue weighted by atomic mass is 16.7. The molecule has 0 bridgehead atoms. The number of hydrogen-bond donors (Lipinski definition) is 0. The molecule has 0 spiro atoms. The van der Waals surface area contributed by atoms with E-state index in [4.69, 9.17) is 14.2 Å². The molecule has 0 N–H and O–H groups in total. The first-order chi connectivity index (χ1) is 20.4. The number of allylic oxidation sites excluding steroid dienone is 6.